The molecule has 0 radical (unpaired) electrons. The molecule has 4 heteroatoms. The zero-order chi connectivity index (χ0) is 13.9. The normalized spacial score (nSPS) is 20.1. The van der Waals surface area contributed by atoms with Crippen molar-refractivity contribution in [1.29, 1.82) is 0 Å². The van der Waals surface area contributed by atoms with Crippen molar-refractivity contribution in [2.45, 2.75) is 32.2 Å². The third-order valence-corrected chi connectivity index (χ3v) is 4.35. The lowest BCUT2D eigenvalue weighted by molar-refractivity contribution is -0.131. The molecule has 1 aromatic carbocycles. The second-order valence-corrected chi connectivity index (χ2v) is 5.70. The fourth-order valence-corrected chi connectivity index (χ4v) is 3.20. The molecule has 1 N–H and O–H groups in total. The molecule has 0 aliphatic carbocycles. The van der Waals surface area contributed by atoms with Crippen LogP contribution < -0.4 is 10.2 Å². The molecule has 1 amide bonds. The van der Waals surface area contributed by atoms with E-state index in [2.05, 4.69) is 22.3 Å². The van der Waals surface area contributed by atoms with Gasteiger partial charge in [-0.05, 0) is 38.3 Å². The van der Waals surface area contributed by atoms with Gasteiger partial charge in [-0.15, -0.1) is 0 Å². The van der Waals surface area contributed by atoms with E-state index in [9.17, 15) is 4.79 Å². The molecule has 1 atom stereocenters. The average Bonchev–Trinajstić information content (AvgIpc) is 2.93. The van der Waals surface area contributed by atoms with Crippen LogP contribution in [0.15, 0.2) is 24.3 Å². The third-order valence-electron chi connectivity index (χ3n) is 4.35. The van der Waals surface area contributed by atoms with Crippen LogP contribution in [0.1, 0.15) is 26.2 Å². The molecule has 0 bridgehead atoms. The number of likely N-dealkylation sites (tertiary alicyclic amines) is 1. The van der Waals surface area contributed by atoms with Crippen molar-refractivity contribution in [2.24, 2.45) is 0 Å². The Balaban J connectivity index is 1.83. The summed E-state index contributed by atoms with van der Waals surface area (Å²) >= 11 is 0. The summed E-state index contributed by atoms with van der Waals surface area (Å²) in [7, 11) is 0. The van der Waals surface area contributed by atoms with E-state index in [0.717, 1.165) is 56.8 Å². The maximum Gasteiger partial charge on any atom is 0.244 e. The second-order valence-electron chi connectivity index (χ2n) is 5.70. The molecule has 2 aliphatic heterocycles. The van der Waals surface area contributed by atoms with Gasteiger partial charge < -0.3 is 15.1 Å². The smallest absolute Gasteiger partial charge is 0.244 e. The summed E-state index contributed by atoms with van der Waals surface area (Å²) in [6.07, 6.45) is 3.36. The quantitative estimate of drug-likeness (QED) is 0.898. The van der Waals surface area contributed by atoms with Crippen LogP contribution in [0.25, 0.3) is 0 Å². The van der Waals surface area contributed by atoms with Crippen molar-refractivity contribution >= 4 is 17.3 Å². The number of nitrogens with zero attached hydrogens (tertiary/aromatic N) is 2. The Bertz CT molecular complexity index is 482. The zero-order valence-electron chi connectivity index (χ0n) is 12.1. The van der Waals surface area contributed by atoms with Gasteiger partial charge in [0.2, 0.25) is 5.91 Å². The number of anilines is 2. The molecule has 1 fully saturated rings. The van der Waals surface area contributed by atoms with Crippen LogP contribution >= 0.6 is 0 Å². The maximum atomic E-state index is 12.6. The van der Waals surface area contributed by atoms with E-state index in [1.807, 2.05) is 24.0 Å². The molecule has 3 rings (SSSR count). The van der Waals surface area contributed by atoms with Gasteiger partial charge in [-0.2, -0.15) is 0 Å². The van der Waals surface area contributed by atoms with Crippen molar-refractivity contribution < 1.29 is 4.79 Å². The molecular formula is C16H23N3O. The molecule has 1 saturated heterocycles. The number of amides is 1. The summed E-state index contributed by atoms with van der Waals surface area (Å²) in [4.78, 5) is 16.9. The molecule has 108 valence electrons. The van der Waals surface area contributed by atoms with Crippen LogP contribution in [-0.4, -0.2) is 43.0 Å². The predicted octanol–water partition coefficient (Wildman–Crippen LogP) is 2.32. The minimum atomic E-state index is -0.0749. The van der Waals surface area contributed by atoms with E-state index in [1.165, 1.54) is 0 Å². The fraction of sp³-hybridized carbons (Fsp3) is 0.562. The monoisotopic (exact) mass is 273 g/mol. The third kappa shape index (κ3) is 2.47. The van der Waals surface area contributed by atoms with E-state index in [1.54, 1.807) is 0 Å². The molecular weight excluding hydrogens is 250 g/mol. The highest BCUT2D eigenvalue weighted by atomic mass is 16.2. The van der Waals surface area contributed by atoms with Crippen molar-refractivity contribution in [1.82, 2.24) is 4.90 Å². The Morgan fingerprint density at radius 2 is 1.90 bits per heavy atom. The maximum absolute atomic E-state index is 12.6. The number of para-hydroxylation sites is 2. The van der Waals surface area contributed by atoms with Gasteiger partial charge in [0, 0.05) is 26.2 Å². The molecule has 0 aromatic heterocycles. The summed E-state index contributed by atoms with van der Waals surface area (Å²) in [5.74, 6) is 0.277. The Hall–Kier alpha value is -1.71. The number of hydrogen-bond acceptors (Lipinski definition) is 3. The van der Waals surface area contributed by atoms with Crippen LogP contribution in [0.5, 0.6) is 0 Å². The largest absolute Gasteiger partial charge is 0.383 e. The molecule has 1 unspecified atom stereocenters. The van der Waals surface area contributed by atoms with E-state index >= 15 is 0 Å². The molecule has 2 heterocycles. The van der Waals surface area contributed by atoms with Crippen molar-refractivity contribution in [2.75, 3.05) is 36.4 Å². The molecule has 1 aromatic rings. The summed E-state index contributed by atoms with van der Waals surface area (Å²) in [5, 5.41) is 3.45. The minimum Gasteiger partial charge on any atom is -0.383 e. The van der Waals surface area contributed by atoms with Gasteiger partial charge in [0.05, 0.1) is 11.4 Å². The lowest BCUT2D eigenvalue weighted by Gasteiger charge is -2.32. The van der Waals surface area contributed by atoms with Crippen molar-refractivity contribution in [3.63, 3.8) is 0 Å². The summed E-state index contributed by atoms with van der Waals surface area (Å²) < 4.78 is 0. The highest BCUT2D eigenvalue weighted by molar-refractivity contribution is 5.87. The first kappa shape index (κ1) is 13.3. The average molecular weight is 273 g/mol. The molecule has 4 nitrogen and oxygen atoms in total. The van der Waals surface area contributed by atoms with Crippen molar-refractivity contribution in [3.05, 3.63) is 24.3 Å². The summed E-state index contributed by atoms with van der Waals surface area (Å²) in [6, 6.07) is 8.23. The van der Waals surface area contributed by atoms with Crippen LogP contribution in [0.4, 0.5) is 11.4 Å². The predicted molar refractivity (Wildman–Crippen MR) is 82.2 cm³/mol. The summed E-state index contributed by atoms with van der Waals surface area (Å²) in [6.45, 7) is 5.81. The van der Waals surface area contributed by atoms with Crippen LogP contribution in [-0.2, 0) is 4.79 Å². The highest BCUT2D eigenvalue weighted by Crippen LogP contribution is 2.30. The van der Waals surface area contributed by atoms with Gasteiger partial charge in [0.1, 0.15) is 6.04 Å². The second kappa shape index (κ2) is 5.73. The van der Waals surface area contributed by atoms with Crippen LogP contribution in [0.2, 0.25) is 0 Å². The Morgan fingerprint density at radius 1 is 1.15 bits per heavy atom. The first-order valence-electron chi connectivity index (χ1n) is 7.66. The van der Waals surface area contributed by atoms with E-state index in [-0.39, 0.29) is 11.9 Å². The zero-order valence-corrected chi connectivity index (χ0v) is 12.1. The number of benzene rings is 1. The molecule has 20 heavy (non-hydrogen) atoms. The molecule has 0 saturated carbocycles. The highest BCUT2D eigenvalue weighted by Gasteiger charge is 2.29. The first-order chi connectivity index (χ1) is 9.77. The number of rotatable bonds is 2. The minimum absolute atomic E-state index is 0.0749. The van der Waals surface area contributed by atoms with Gasteiger partial charge in [-0.3, -0.25) is 4.79 Å². The topological polar surface area (TPSA) is 35.6 Å². The lowest BCUT2D eigenvalue weighted by Crippen LogP contribution is -2.46. The summed E-state index contributed by atoms with van der Waals surface area (Å²) in [5.41, 5.74) is 2.30. The van der Waals surface area contributed by atoms with Crippen LogP contribution in [0.3, 0.4) is 0 Å². The van der Waals surface area contributed by atoms with Crippen molar-refractivity contribution in [3.8, 4) is 0 Å². The van der Waals surface area contributed by atoms with Gasteiger partial charge in [-0.25, -0.2) is 0 Å². The van der Waals surface area contributed by atoms with E-state index < -0.39 is 0 Å². The SMILES string of the molecule is CC(C(=O)N1CCCC1)N1CCCNc2ccccc21. The van der Waals surface area contributed by atoms with E-state index in [0.29, 0.717) is 0 Å². The first-order valence-corrected chi connectivity index (χ1v) is 7.66. The van der Waals surface area contributed by atoms with Crippen LogP contribution in [0, 0.1) is 0 Å². The Kier molecular flexibility index (Phi) is 3.81. The Labute approximate surface area is 120 Å². The molecule has 0 spiro atoms. The van der Waals surface area contributed by atoms with Gasteiger partial charge in [0.15, 0.2) is 0 Å². The van der Waals surface area contributed by atoms with Gasteiger partial charge >= 0.3 is 0 Å². The number of fused-ring (bicyclic) bond motifs is 1. The standard InChI is InChI=1S/C16H23N3O/c1-13(16(20)18-10-4-5-11-18)19-12-6-9-17-14-7-2-3-8-15(14)19/h2-3,7-8,13,17H,4-6,9-12H2,1H3. The number of nitrogens with one attached hydrogen (secondary N) is 1. The van der Waals surface area contributed by atoms with Gasteiger partial charge in [-0.1, -0.05) is 12.1 Å². The number of hydrogen-bond donors (Lipinski definition) is 1. The molecule has 2 aliphatic rings. The van der Waals surface area contributed by atoms with E-state index in [4.69, 9.17) is 0 Å². The van der Waals surface area contributed by atoms with Gasteiger partial charge in [0.25, 0.3) is 0 Å². The fourth-order valence-electron chi connectivity index (χ4n) is 3.20. The Morgan fingerprint density at radius 3 is 2.70 bits per heavy atom. The lowest BCUT2D eigenvalue weighted by atomic mass is 10.1. The number of carbonyl (C=O) groups is 1. The number of carbonyl (C=O) groups excluding carboxylic acids is 1.